The van der Waals surface area contributed by atoms with E-state index < -0.39 is 11.1 Å². The van der Waals surface area contributed by atoms with Gasteiger partial charge in [0, 0.05) is 12.2 Å². The van der Waals surface area contributed by atoms with Crippen LogP contribution in [0.25, 0.3) is 0 Å². The van der Waals surface area contributed by atoms with Crippen molar-refractivity contribution in [3.8, 4) is 0 Å². The van der Waals surface area contributed by atoms with Gasteiger partial charge < -0.3 is 14.7 Å². The number of hydroxylamine groups is 1. The second-order valence-corrected chi connectivity index (χ2v) is 4.08. The molecule has 7 heteroatoms. The molecule has 6 nitrogen and oxygen atoms in total. The van der Waals surface area contributed by atoms with Gasteiger partial charge in [0.05, 0.1) is 5.88 Å². The minimum absolute atomic E-state index is 0.103. The van der Waals surface area contributed by atoms with Crippen molar-refractivity contribution in [3.05, 3.63) is 29.8 Å². The van der Waals surface area contributed by atoms with Crippen molar-refractivity contribution in [3.63, 3.8) is 0 Å². The van der Waals surface area contributed by atoms with Crippen LogP contribution in [0.15, 0.2) is 24.3 Å². The zero-order valence-electron chi connectivity index (χ0n) is 9.05. The zero-order chi connectivity index (χ0) is 12.5. The molecule has 0 aliphatic carbocycles. The molecule has 1 aromatic rings. The summed E-state index contributed by atoms with van der Waals surface area (Å²) in [6.07, 6.45) is 0.710. The number of hydrogen-bond donors (Lipinski definition) is 2. The molecule has 1 unspecified atom stereocenters. The third kappa shape index (κ3) is 6.00. The molecular formula is C10H13N2O4S-. The molecule has 2 N–H and O–H groups in total. The highest BCUT2D eigenvalue weighted by Gasteiger charge is 1.95. The van der Waals surface area contributed by atoms with Crippen molar-refractivity contribution >= 4 is 23.2 Å². The Morgan fingerprint density at radius 1 is 1.35 bits per heavy atom. The van der Waals surface area contributed by atoms with Gasteiger partial charge in [-0.15, -0.1) is 0 Å². The van der Waals surface area contributed by atoms with Gasteiger partial charge in [0.25, 0.3) is 0 Å². The van der Waals surface area contributed by atoms with Gasteiger partial charge >= 0.3 is 6.47 Å². The predicted octanol–water partition coefficient (Wildman–Crippen LogP) is 0.155. The van der Waals surface area contributed by atoms with Crippen LogP contribution in [0.4, 0.5) is 5.69 Å². The molecule has 0 amide bonds. The predicted molar refractivity (Wildman–Crippen MR) is 62.7 cm³/mol. The fourth-order valence-corrected chi connectivity index (χ4v) is 1.50. The van der Waals surface area contributed by atoms with E-state index in [1.165, 1.54) is 0 Å². The summed E-state index contributed by atoms with van der Waals surface area (Å²) in [6.45, 7) is 0.853. The summed E-state index contributed by atoms with van der Waals surface area (Å²) in [5, 5.41) is 2.75. The topological polar surface area (TPSA) is 90.5 Å². The molecule has 0 radical (unpaired) electrons. The molecule has 1 rings (SSSR count). The Labute approximate surface area is 102 Å². The van der Waals surface area contributed by atoms with Crippen molar-refractivity contribution < 1.29 is 18.4 Å². The van der Waals surface area contributed by atoms with Crippen LogP contribution in [0, 0.1) is 0 Å². The van der Waals surface area contributed by atoms with Gasteiger partial charge in [0.15, 0.2) is 0 Å². The SMILES string of the molecule is O=CONCCc1ccc(NCS(=O)[O-])cc1. The van der Waals surface area contributed by atoms with Gasteiger partial charge in [0.1, 0.15) is 0 Å². The van der Waals surface area contributed by atoms with Crippen LogP contribution in [0.2, 0.25) is 0 Å². The standard InChI is InChI=1S/C10H14N2O4S/c13-8-16-12-6-5-9-1-3-10(4-2-9)11-7-17(14)15/h1-4,8,11-12H,5-7H2,(H,14,15)/p-1. The Bertz CT molecular complexity index is 369. The minimum atomic E-state index is -2.10. The first-order valence-electron chi connectivity index (χ1n) is 4.93. The molecule has 0 aliphatic rings. The average molecular weight is 257 g/mol. The Balaban J connectivity index is 2.33. The van der Waals surface area contributed by atoms with E-state index in [0.29, 0.717) is 19.4 Å². The average Bonchev–Trinajstić information content (AvgIpc) is 2.33. The Hall–Kier alpha value is -1.44. The molecule has 0 aromatic heterocycles. The van der Waals surface area contributed by atoms with Crippen molar-refractivity contribution in [2.45, 2.75) is 6.42 Å². The zero-order valence-corrected chi connectivity index (χ0v) is 9.87. The van der Waals surface area contributed by atoms with Gasteiger partial charge in [0.2, 0.25) is 0 Å². The van der Waals surface area contributed by atoms with Crippen LogP contribution in [-0.2, 0) is 27.1 Å². The lowest BCUT2D eigenvalue weighted by Gasteiger charge is -2.09. The van der Waals surface area contributed by atoms with Gasteiger partial charge in [-0.05, 0) is 35.2 Å². The van der Waals surface area contributed by atoms with E-state index >= 15 is 0 Å². The van der Waals surface area contributed by atoms with Crippen LogP contribution >= 0.6 is 0 Å². The lowest BCUT2D eigenvalue weighted by atomic mass is 10.1. The first kappa shape index (κ1) is 13.6. The maximum atomic E-state index is 10.3. The molecule has 0 aliphatic heterocycles. The number of carbonyl (C=O) groups excluding carboxylic acids is 1. The molecule has 0 bridgehead atoms. The normalized spacial score (nSPS) is 11.8. The molecule has 0 saturated heterocycles. The van der Waals surface area contributed by atoms with Crippen LogP contribution in [0.1, 0.15) is 5.56 Å². The molecule has 17 heavy (non-hydrogen) atoms. The van der Waals surface area contributed by atoms with E-state index in [2.05, 4.69) is 15.6 Å². The second-order valence-electron chi connectivity index (χ2n) is 3.18. The number of anilines is 1. The van der Waals surface area contributed by atoms with E-state index in [4.69, 9.17) is 0 Å². The highest BCUT2D eigenvalue weighted by molar-refractivity contribution is 7.79. The lowest BCUT2D eigenvalue weighted by molar-refractivity contribution is -0.135. The highest BCUT2D eigenvalue weighted by atomic mass is 32.2. The maximum Gasteiger partial charge on any atom is 0.312 e. The van der Waals surface area contributed by atoms with Gasteiger partial charge in [-0.1, -0.05) is 12.1 Å². The maximum absolute atomic E-state index is 10.3. The van der Waals surface area contributed by atoms with Crippen molar-refractivity contribution in [1.29, 1.82) is 0 Å². The minimum Gasteiger partial charge on any atom is -0.771 e. The van der Waals surface area contributed by atoms with Crippen LogP contribution in [0.5, 0.6) is 0 Å². The first-order chi connectivity index (χ1) is 8.22. The fraction of sp³-hybridized carbons (Fsp3) is 0.300. The van der Waals surface area contributed by atoms with E-state index in [1.54, 1.807) is 12.1 Å². The first-order valence-corrected chi connectivity index (χ1v) is 6.17. The summed E-state index contributed by atoms with van der Waals surface area (Å²) in [4.78, 5) is 14.2. The largest absolute Gasteiger partial charge is 0.771 e. The second kappa shape index (κ2) is 7.77. The van der Waals surface area contributed by atoms with Crippen LogP contribution in [-0.4, -0.2) is 27.7 Å². The Morgan fingerprint density at radius 2 is 2.06 bits per heavy atom. The van der Waals surface area contributed by atoms with Crippen LogP contribution in [0.3, 0.4) is 0 Å². The summed E-state index contributed by atoms with van der Waals surface area (Å²) in [5.74, 6) is -0.103. The Kier molecular flexibility index (Phi) is 6.23. The number of nitrogens with one attached hydrogen (secondary N) is 2. The van der Waals surface area contributed by atoms with Crippen molar-refractivity contribution in [2.24, 2.45) is 0 Å². The van der Waals surface area contributed by atoms with Crippen LogP contribution < -0.4 is 10.8 Å². The number of rotatable bonds is 8. The Morgan fingerprint density at radius 3 is 2.65 bits per heavy atom. The van der Waals surface area contributed by atoms with Gasteiger partial charge in [-0.3, -0.25) is 9.00 Å². The summed E-state index contributed by atoms with van der Waals surface area (Å²) in [5.41, 5.74) is 4.27. The molecule has 0 spiro atoms. The summed E-state index contributed by atoms with van der Waals surface area (Å²) in [6, 6.07) is 7.34. The third-order valence-electron chi connectivity index (χ3n) is 2.00. The number of benzene rings is 1. The quantitative estimate of drug-likeness (QED) is 0.298. The van der Waals surface area contributed by atoms with E-state index in [9.17, 15) is 13.6 Å². The van der Waals surface area contributed by atoms with E-state index in [-0.39, 0.29) is 5.88 Å². The molecule has 1 aromatic carbocycles. The molecule has 0 fully saturated rings. The van der Waals surface area contributed by atoms with E-state index in [1.807, 2.05) is 12.1 Å². The monoisotopic (exact) mass is 257 g/mol. The third-order valence-corrected chi connectivity index (χ3v) is 2.38. The molecular weight excluding hydrogens is 244 g/mol. The van der Waals surface area contributed by atoms with Crippen molar-refractivity contribution in [2.75, 3.05) is 17.7 Å². The lowest BCUT2D eigenvalue weighted by Crippen LogP contribution is -2.16. The summed E-state index contributed by atoms with van der Waals surface area (Å²) < 4.78 is 20.7. The van der Waals surface area contributed by atoms with Gasteiger partial charge in [-0.25, -0.2) is 0 Å². The molecule has 94 valence electrons. The smallest absolute Gasteiger partial charge is 0.312 e. The summed E-state index contributed by atoms with van der Waals surface area (Å²) >= 11 is -2.10. The van der Waals surface area contributed by atoms with Gasteiger partial charge in [-0.2, -0.15) is 5.48 Å². The van der Waals surface area contributed by atoms with E-state index in [0.717, 1.165) is 11.3 Å². The fourth-order valence-electron chi connectivity index (χ4n) is 1.22. The highest BCUT2D eigenvalue weighted by Crippen LogP contribution is 2.09. The molecule has 1 atom stereocenters. The molecule has 0 heterocycles. The van der Waals surface area contributed by atoms with Crippen molar-refractivity contribution in [1.82, 2.24) is 5.48 Å². The molecule has 0 saturated carbocycles. The number of hydrogen-bond acceptors (Lipinski definition) is 6. The summed E-state index contributed by atoms with van der Waals surface area (Å²) in [7, 11) is 0. The number of carbonyl (C=O) groups is 1.